The average molecular weight is 410 g/mol. The van der Waals surface area contributed by atoms with Crippen LogP contribution in [-0.2, 0) is 31.2 Å². The summed E-state index contributed by atoms with van der Waals surface area (Å²) in [4.78, 5) is 47.5. The van der Waals surface area contributed by atoms with E-state index in [0.29, 0.717) is 24.4 Å². The summed E-state index contributed by atoms with van der Waals surface area (Å²) in [5.74, 6) is 0.459. The van der Waals surface area contributed by atoms with Crippen LogP contribution in [0.1, 0.15) is 29.8 Å². The van der Waals surface area contributed by atoms with E-state index in [9.17, 15) is 14.4 Å². The van der Waals surface area contributed by atoms with Crippen molar-refractivity contribution in [3.05, 3.63) is 62.1 Å². The van der Waals surface area contributed by atoms with Gasteiger partial charge in [-0.15, -0.1) is 0 Å². The highest BCUT2D eigenvalue weighted by Gasteiger charge is 2.15. The Morgan fingerprint density at radius 2 is 2.00 bits per heavy atom. The number of hydrogen-bond donors (Lipinski definition) is 3. The van der Waals surface area contributed by atoms with Crippen molar-refractivity contribution < 1.29 is 4.79 Å². The van der Waals surface area contributed by atoms with Gasteiger partial charge >= 0.3 is 5.69 Å². The molecule has 3 N–H and O–H groups in total. The summed E-state index contributed by atoms with van der Waals surface area (Å²) < 4.78 is 1.27. The van der Waals surface area contributed by atoms with Crippen molar-refractivity contribution in [3.63, 3.8) is 0 Å². The molecule has 158 valence electrons. The second kappa shape index (κ2) is 8.66. The number of carbonyl (C=O) groups is 1. The number of benzene rings is 1. The number of imidazole rings is 1. The molecular weight excluding hydrogens is 384 g/mol. The molecule has 1 aliphatic heterocycles. The van der Waals surface area contributed by atoms with E-state index in [1.165, 1.54) is 15.7 Å². The molecule has 2 aromatic heterocycles. The fourth-order valence-corrected chi connectivity index (χ4v) is 3.87. The number of aryl methyl sites for hydroxylation is 2. The summed E-state index contributed by atoms with van der Waals surface area (Å²) in [6, 6.07) is 8.56. The van der Waals surface area contributed by atoms with E-state index in [2.05, 4.69) is 49.4 Å². The van der Waals surface area contributed by atoms with Crippen LogP contribution in [0.5, 0.6) is 0 Å². The lowest BCUT2D eigenvalue weighted by molar-refractivity contribution is -0.121. The molecule has 0 saturated heterocycles. The molecule has 1 aromatic carbocycles. The molecule has 0 radical (unpaired) electrons. The van der Waals surface area contributed by atoms with Gasteiger partial charge in [0.05, 0.1) is 0 Å². The fraction of sp³-hybridized carbons (Fsp3) is 0.429. The van der Waals surface area contributed by atoms with Gasteiger partial charge in [0.25, 0.3) is 5.56 Å². The van der Waals surface area contributed by atoms with Crippen molar-refractivity contribution in [2.75, 3.05) is 19.6 Å². The van der Waals surface area contributed by atoms with E-state index < -0.39 is 11.2 Å². The van der Waals surface area contributed by atoms with Gasteiger partial charge in [0.2, 0.25) is 5.91 Å². The largest absolute Gasteiger partial charge is 0.356 e. The molecule has 1 aliphatic rings. The Kier molecular flexibility index (Phi) is 5.80. The molecule has 4 rings (SSSR count). The molecule has 3 heterocycles. The van der Waals surface area contributed by atoms with E-state index in [1.807, 2.05) is 0 Å². The molecule has 0 aliphatic carbocycles. The highest BCUT2D eigenvalue weighted by atomic mass is 16.2. The van der Waals surface area contributed by atoms with Crippen molar-refractivity contribution in [3.8, 4) is 0 Å². The predicted molar refractivity (Wildman–Crippen MR) is 113 cm³/mol. The van der Waals surface area contributed by atoms with Gasteiger partial charge in [0.15, 0.2) is 5.65 Å². The number of nitrogens with zero attached hydrogens (tertiary/aromatic N) is 3. The standard InChI is InChI=1S/C21H26N6O3/c1-26-19-18(20(29)25-21(26)30)23-16(24-19)7-8-17(28)22-10-4-11-27-12-9-14-5-2-3-6-15(14)13-27/h2-3,5-6H,4,7-13H2,1H3,(H,22,28)(H,23,24)(H,25,29,30). The number of hydrogen-bond acceptors (Lipinski definition) is 5. The minimum absolute atomic E-state index is 0.0535. The minimum atomic E-state index is -0.513. The number of carbonyl (C=O) groups excluding carboxylic acids is 1. The molecule has 0 saturated carbocycles. The Balaban J connectivity index is 1.21. The normalized spacial score (nSPS) is 14.0. The van der Waals surface area contributed by atoms with Crippen LogP contribution in [0.3, 0.4) is 0 Å². The number of amides is 1. The number of rotatable bonds is 7. The molecule has 0 unspecified atom stereocenters. The highest BCUT2D eigenvalue weighted by molar-refractivity contribution is 5.76. The summed E-state index contributed by atoms with van der Waals surface area (Å²) in [6.07, 6.45) is 2.62. The first kappa shape index (κ1) is 20.1. The molecule has 0 atom stereocenters. The van der Waals surface area contributed by atoms with Crippen molar-refractivity contribution in [1.82, 2.24) is 29.7 Å². The molecule has 0 fully saturated rings. The zero-order valence-electron chi connectivity index (χ0n) is 17.0. The molecule has 0 spiro atoms. The van der Waals surface area contributed by atoms with E-state index >= 15 is 0 Å². The maximum absolute atomic E-state index is 12.1. The molecule has 9 heteroatoms. The maximum Gasteiger partial charge on any atom is 0.329 e. The van der Waals surface area contributed by atoms with Gasteiger partial charge in [0, 0.05) is 46.1 Å². The van der Waals surface area contributed by atoms with Gasteiger partial charge in [-0.25, -0.2) is 9.78 Å². The zero-order chi connectivity index (χ0) is 21.1. The van der Waals surface area contributed by atoms with Gasteiger partial charge in [-0.1, -0.05) is 24.3 Å². The lowest BCUT2D eigenvalue weighted by atomic mass is 10.00. The topological polar surface area (TPSA) is 116 Å². The van der Waals surface area contributed by atoms with E-state index in [4.69, 9.17) is 0 Å². The van der Waals surface area contributed by atoms with Crippen LogP contribution < -0.4 is 16.6 Å². The third kappa shape index (κ3) is 4.35. The van der Waals surface area contributed by atoms with E-state index in [-0.39, 0.29) is 17.8 Å². The highest BCUT2D eigenvalue weighted by Crippen LogP contribution is 2.18. The van der Waals surface area contributed by atoms with Crippen molar-refractivity contribution in [2.45, 2.75) is 32.2 Å². The summed E-state index contributed by atoms with van der Waals surface area (Å²) in [7, 11) is 1.54. The first-order chi connectivity index (χ1) is 14.5. The predicted octanol–water partition coefficient (Wildman–Crippen LogP) is 0.447. The van der Waals surface area contributed by atoms with Crippen LogP contribution in [0.25, 0.3) is 11.2 Å². The molecule has 9 nitrogen and oxygen atoms in total. The van der Waals surface area contributed by atoms with Gasteiger partial charge in [-0.2, -0.15) is 0 Å². The van der Waals surface area contributed by atoms with Gasteiger partial charge in [0.1, 0.15) is 11.3 Å². The lowest BCUT2D eigenvalue weighted by Gasteiger charge is -2.28. The molecular formula is C21H26N6O3. The van der Waals surface area contributed by atoms with Gasteiger partial charge in [-0.3, -0.25) is 24.0 Å². The van der Waals surface area contributed by atoms with E-state index in [0.717, 1.165) is 32.5 Å². The van der Waals surface area contributed by atoms with Gasteiger partial charge in [-0.05, 0) is 24.0 Å². The van der Waals surface area contributed by atoms with Crippen LogP contribution >= 0.6 is 0 Å². The monoisotopic (exact) mass is 410 g/mol. The minimum Gasteiger partial charge on any atom is -0.356 e. The zero-order valence-corrected chi connectivity index (χ0v) is 17.0. The number of aromatic nitrogens is 4. The molecule has 0 bridgehead atoms. The quantitative estimate of drug-likeness (QED) is 0.489. The van der Waals surface area contributed by atoms with Crippen LogP contribution in [0.2, 0.25) is 0 Å². The van der Waals surface area contributed by atoms with E-state index in [1.54, 1.807) is 7.05 Å². The Morgan fingerprint density at radius 1 is 1.20 bits per heavy atom. The lowest BCUT2D eigenvalue weighted by Crippen LogP contribution is -2.33. The Morgan fingerprint density at radius 3 is 2.83 bits per heavy atom. The SMILES string of the molecule is Cn1c(=O)[nH]c(=O)c2[nH]c(CCC(=O)NCCCN3CCc4ccccc4C3)nc21. The first-order valence-electron chi connectivity index (χ1n) is 10.2. The second-order valence-corrected chi connectivity index (χ2v) is 7.70. The molecule has 30 heavy (non-hydrogen) atoms. The van der Waals surface area contributed by atoms with Crippen LogP contribution in [-0.4, -0.2) is 50.0 Å². The maximum atomic E-state index is 12.1. The summed E-state index contributed by atoms with van der Waals surface area (Å²) >= 11 is 0. The second-order valence-electron chi connectivity index (χ2n) is 7.70. The molecule has 1 amide bonds. The molecule has 3 aromatic rings. The van der Waals surface area contributed by atoms with Crippen molar-refractivity contribution in [1.29, 1.82) is 0 Å². The summed E-state index contributed by atoms with van der Waals surface area (Å²) in [5.41, 5.74) is 2.36. The number of fused-ring (bicyclic) bond motifs is 2. The van der Waals surface area contributed by atoms with Crippen LogP contribution in [0.15, 0.2) is 33.9 Å². The average Bonchev–Trinajstić information content (AvgIpc) is 3.19. The number of nitrogens with one attached hydrogen (secondary N) is 3. The third-order valence-electron chi connectivity index (χ3n) is 5.58. The third-order valence-corrected chi connectivity index (χ3v) is 5.58. The van der Waals surface area contributed by atoms with Crippen LogP contribution in [0.4, 0.5) is 0 Å². The summed E-state index contributed by atoms with van der Waals surface area (Å²) in [6.45, 7) is 3.61. The fourth-order valence-electron chi connectivity index (χ4n) is 3.87. The Hall–Kier alpha value is -3.20. The Bertz CT molecular complexity index is 1180. The van der Waals surface area contributed by atoms with Crippen LogP contribution in [0, 0.1) is 0 Å². The van der Waals surface area contributed by atoms with Gasteiger partial charge < -0.3 is 10.3 Å². The first-order valence-corrected chi connectivity index (χ1v) is 10.2. The smallest absolute Gasteiger partial charge is 0.329 e. The summed E-state index contributed by atoms with van der Waals surface area (Å²) in [5, 5.41) is 2.95. The number of aromatic amines is 2. The van der Waals surface area contributed by atoms with Crippen molar-refractivity contribution in [2.24, 2.45) is 7.05 Å². The Labute approximate surface area is 173 Å². The van der Waals surface area contributed by atoms with Crippen molar-refractivity contribution >= 4 is 17.1 Å². The number of H-pyrrole nitrogens is 2.